The molecule has 0 aliphatic carbocycles. The normalized spacial score (nSPS) is 18.0. The molecule has 3 heterocycles. The van der Waals surface area contributed by atoms with Crippen molar-refractivity contribution in [1.29, 1.82) is 0 Å². The lowest BCUT2D eigenvalue weighted by molar-refractivity contribution is 0.0833. The number of rotatable bonds is 6. The van der Waals surface area contributed by atoms with Gasteiger partial charge in [-0.15, -0.1) is 0 Å². The van der Waals surface area contributed by atoms with E-state index in [1.807, 2.05) is 36.4 Å². The van der Waals surface area contributed by atoms with Crippen molar-refractivity contribution in [3.8, 4) is 0 Å². The number of carbonyl (C=O) groups is 6. The highest BCUT2D eigenvalue weighted by atomic mass is 16.2. The van der Waals surface area contributed by atoms with E-state index < -0.39 is 41.6 Å². The Bertz CT molecular complexity index is 2180. The van der Waals surface area contributed by atoms with Gasteiger partial charge in [0.1, 0.15) is 6.04 Å². The maximum atomic E-state index is 13.9. The summed E-state index contributed by atoms with van der Waals surface area (Å²) in [5.74, 6) is -2.99. The van der Waals surface area contributed by atoms with Crippen molar-refractivity contribution in [3.05, 3.63) is 166 Å². The highest BCUT2D eigenvalue weighted by Crippen LogP contribution is 2.46. The predicted octanol–water partition coefficient (Wildman–Crippen LogP) is 5.74. The summed E-state index contributed by atoms with van der Waals surface area (Å²) < 4.78 is 0. The zero-order chi connectivity index (χ0) is 32.4. The summed E-state index contributed by atoms with van der Waals surface area (Å²) in [6, 6.07) is 33.8. The highest BCUT2D eigenvalue weighted by molar-refractivity contribution is 6.37. The van der Waals surface area contributed by atoms with Gasteiger partial charge in [-0.2, -0.15) is 0 Å². The van der Waals surface area contributed by atoms with Crippen LogP contribution in [-0.4, -0.2) is 46.3 Å². The Morgan fingerprint density at radius 3 is 1.62 bits per heavy atom. The molecule has 3 aliphatic rings. The molecule has 5 amide bonds. The van der Waals surface area contributed by atoms with E-state index in [1.54, 1.807) is 54.6 Å². The summed E-state index contributed by atoms with van der Waals surface area (Å²) in [6.07, 6.45) is 0. The van der Waals surface area contributed by atoms with Crippen LogP contribution >= 0.6 is 0 Å². The number of anilines is 2. The lowest BCUT2D eigenvalue weighted by Gasteiger charge is -2.14. The second-order valence-electron chi connectivity index (χ2n) is 11.5. The van der Waals surface area contributed by atoms with Gasteiger partial charge in [0.25, 0.3) is 29.5 Å². The fourth-order valence-corrected chi connectivity index (χ4v) is 6.46. The first-order valence-corrected chi connectivity index (χ1v) is 14.9. The smallest absolute Gasteiger partial charge is 0.266 e. The summed E-state index contributed by atoms with van der Waals surface area (Å²) in [5, 5.41) is 0. The van der Waals surface area contributed by atoms with Crippen LogP contribution < -0.4 is 9.80 Å². The van der Waals surface area contributed by atoms with Gasteiger partial charge in [-0.25, -0.2) is 9.80 Å². The number of imide groups is 2. The molecule has 8 rings (SSSR count). The van der Waals surface area contributed by atoms with Crippen molar-refractivity contribution in [2.24, 2.45) is 0 Å². The summed E-state index contributed by atoms with van der Waals surface area (Å²) >= 11 is 0. The third-order valence-corrected chi connectivity index (χ3v) is 8.79. The van der Waals surface area contributed by atoms with E-state index in [0.717, 1.165) is 15.4 Å². The second kappa shape index (κ2) is 10.6. The molecule has 0 bridgehead atoms. The molecule has 47 heavy (non-hydrogen) atoms. The minimum atomic E-state index is -0.725. The quantitative estimate of drug-likeness (QED) is 0.137. The molecule has 5 aromatic carbocycles. The molecule has 3 aliphatic heterocycles. The van der Waals surface area contributed by atoms with Crippen LogP contribution in [0.3, 0.4) is 0 Å². The minimum absolute atomic E-state index is 0.0266. The molecule has 1 saturated heterocycles. The van der Waals surface area contributed by atoms with Crippen LogP contribution in [0.4, 0.5) is 11.4 Å². The van der Waals surface area contributed by atoms with Gasteiger partial charge in [0.15, 0.2) is 5.78 Å². The van der Waals surface area contributed by atoms with Gasteiger partial charge in [0, 0.05) is 11.1 Å². The summed E-state index contributed by atoms with van der Waals surface area (Å²) in [7, 11) is 0. The number of amides is 5. The van der Waals surface area contributed by atoms with Crippen LogP contribution in [0.2, 0.25) is 0 Å². The molecule has 0 spiro atoms. The zero-order valence-corrected chi connectivity index (χ0v) is 24.6. The lowest BCUT2D eigenvalue weighted by atomic mass is 10.0. The van der Waals surface area contributed by atoms with Crippen molar-refractivity contribution in [3.63, 3.8) is 0 Å². The number of Topliss-reactive ketones (excluding diaryl/α,β-unsaturated/α-hetero) is 1. The van der Waals surface area contributed by atoms with Crippen molar-refractivity contribution in [2.45, 2.75) is 12.1 Å². The SMILES string of the molecule is O=C(c1ccccc1)[C@H]1[C@@H](c2ccccc2)N1C(=O)c1ccc2c(c1)C(=O)N(c1ccc3c(c1)C(=O)N(c1ccccc1)C3=O)C2=O. The number of para-hydroxylation sites is 1. The molecule has 226 valence electrons. The molecular formula is C38H23N3O6. The Balaban J connectivity index is 1.09. The summed E-state index contributed by atoms with van der Waals surface area (Å²) in [6.45, 7) is 0. The van der Waals surface area contributed by atoms with Crippen molar-refractivity contribution in [1.82, 2.24) is 4.90 Å². The van der Waals surface area contributed by atoms with Crippen LogP contribution in [0, 0.1) is 0 Å². The molecule has 0 saturated carbocycles. The number of hydrogen-bond donors (Lipinski definition) is 0. The van der Waals surface area contributed by atoms with E-state index in [9.17, 15) is 28.8 Å². The lowest BCUT2D eigenvalue weighted by Crippen LogP contribution is -2.30. The van der Waals surface area contributed by atoms with Crippen LogP contribution in [0.15, 0.2) is 127 Å². The predicted molar refractivity (Wildman–Crippen MR) is 172 cm³/mol. The summed E-state index contributed by atoms with van der Waals surface area (Å²) in [5.41, 5.74) is 2.36. The molecule has 0 radical (unpaired) electrons. The van der Waals surface area contributed by atoms with Crippen molar-refractivity contribution in [2.75, 3.05) is 9.80 Å². The van der Waals surface area contributed by atoms with Gasteiger partial charge in [0.05, 0.1) is 39.7 Å². The Morgan fingerprint density at radius 2 is 0.979 bits per heavy atom. The fourth-order valence-electron chi connectivity index (χ4n) is 6.46. The van der Waals surface area contributed by atoms with E-state index in [1.165, 1.54) is 41.3 Å². The molecular weight excluding hydrogens is 594 g/mol. The Labute approximate surface area is 268 Å². The molecule has 0 unspecified atom stereocenters. The van der Waals surface area contributed by atoms with Gasteiger partial charge in [-0.3, -0.25) is 28.8 Å². The van der Waals surface area contributed by atoms with E-state index in [0.29, 0.717) is 11.3 Å². The maximum absolute atomic E-state index is 13.9. The monoisotopic (exact) mass is 617 g/mol. The van der Waals surface area contributed by atoms with Crippen molar-refractivity contribution < 1.29 is 28.8 Å². The number of benzene rings is 5. The summed E-state index contributed by atoms with van der Waals surface area (Å²) in [4.78, 5) is 84.5. The number of fused-ring (bicyclic) bond motifs is 2. The molecule has 2 atom stereocenters. The number of ketones is 1. The van der Waals surface area contributed by atoms with Crippen LogP contribution in [0.25, 0.3) is 0 Å². The van der Waals surface area contributed by atoms with E-state index in [4.69, 9.17) is 0 Å². The van der Waals surface area contributed by atoms with E-state index >= 15 is 0 Å². The highest BCUT2D eigenvalue weighted by Gasteiger charge is 2.56. The molecule has 9 nitrogen and oxygen atoms in total. The van der Waals surface area contributed by atoms with Gasteiger partial charge < -0.3 is 4.90 Å². The van der Waals surface area contributed by atoms with Gasteiger partial charge in [-0.05, 0) is 54.1 Å². The third-order valence-electron chi connectivity index (χ3n) is 8.79. The Morgan fingerprint density at radius 1 is 0.468 bits per heavy atom. The average molecular weight is 618 g/mol. The average Bonchev–Trinajstić information content (AvgIpc) is 3.75. The number of carbonyl (C=O) groups excluding carboxylic acids is 6. The first kappa shape index (κ1) is 28.0. The molecule has 5 aromatic rings. The largest absolute Gasteiger partial charge is 0.316 e. The fraction of sp³-hybridized carbons (Fsp3) is 0.0526. The van der Waals surface area contributed by atoms with Crippen molar-refractivity contribution >= 4 is 46.7 Å². The number of hydrogen-bond acceptors (Lipinski definition) is 6. The molecule has 0 N–H and O–H groups in total. The van der Waals surface area contributed by atoms with Gasteiger partial charge in [0.2, 0.25) is 0 Å². The Kier molecular flexibility index (Phi) is 6.30. The molecule has 9 heteroatoms. The second-order valence-corrected chi connectivity index (χ2v) is 11.5. The first-order chi connectivity index (χ1) is 22.8. The minimum Gasteiger partial charge on any atom is -0.316 e. The molecule has 0 aromatic heterocycles. The topological polar surface area (TPSA) is 112 Å². The molecule has 1 fully saturated rings. The van der Waals surface area contributed by atoms with Gasteiger partial charge >= 0.3 is 0 Å². The van der Waals surface area contributed by atoms with E-state index in [-0.39, 0.29) is 39.3 Å². The maximum Gasteiger partial charge on any atom is 0.266 e. The zero-order valence-electron chi connectivity index (χ0n) is 24.6. The third kappa shape index (κ3) is 4.32. The van der Waals surface area contributed by atoms with E-state index in [2.05, 4.69) is 0 Å². The number of nitrogens with zero attached hydrogens (tertiary/aromatic N) is 3. The first-order valence-electron chi connectivity index (χ1n) is 14.9. The standard InChI is InChI=1S/C38H23N3O6/c42-33(23-12-6-2-7-13-23)32-31(22-10-4-1-5-11-22)41(32)34(43)24-16-18-27-29(20-24)37(46)40(36(27)45)26-17-19-28-30(21-26)38(47)39(35(28)44)25-14-8-3-9-15-25/h1-21,31-32H/t31-,32-,41?/m1/s1. The van der Waals surface area contributed by atoms with Crippen LogP contribution in [-0.2, 0) is 0 Å². The van der Waals surface area contributed by atoms with Crippen LogP contribution in [0.1, 0.15) is 73.8 Å². The van der Waals surface area contributed by atoms with Gasteiger partial charge in [-0.1, -0.05) is 78.9 Å². The Hall–Kier alpha value is -6.48. The van der Waals surface area contributed by atoms with Crippen LogP contribution in [0.5, 0.6) is 0 Å².